The van der Waals surface area contributed by atoms with Crippen LogP contribution in [0, 0.1) is 10.1 Å². The Morgan fingerprint density at radius 3 is 2.55 bits per heavy atom. The number of nitrogens with zero attached hydrogens (tertiary/aromatic N) is 1. The minimum Gasteiger partial charge on any atom is -0.361 e. The zero-order chi connectivity index (χ0) is 15.1. The topological polar surface area (TPSA) is 58.9 Å². The Bertz CT molecular complexity index is 1010. The molecule has 1 aromatic heterocycles. The zero-order valence-corrected chi connectivity index (χ0v) is 11.6. The van der Waals surface area contributed by atoms with Crippen LogP contribution in [0.4, 0.5) is 5.69 Å². The molecule has 4 nitrogen and oxygen atoms in total. The van der Waals surface area contributed by atoms with Crippen molar-refractivity contribution in [1.29, 1.82) is 0 Å². The summed E-state index contributed by atoms with van der Waals surface area (Å²) in [5.74, 6) is 0. The number of nitro groups is 1. The second-order valence-electron chi connectivity index (χ2n) is 5.22. The van der Waals surface area contributed by atoms with E-state index in [1.807, 2.05) is 30.5 Å². The number of hydrogen-bond acceptors (Lipinski definition) is 2. The molecule has 4 aromatic rings. The fraction of sp³-hybridized carbons (Fsp3) is 0. The van der Waals surface area contributed by atoms with Crippen molar-refractivity contribution in [2.75, 3.05) is 0 Å². The van der Waals surface area contributed by atoms with Crippen molar-refractivity contribution in [2.24, 2.45) is 0 Å². The number of H-pyrrole nitrogens is 1. The first kappa shape index (κ1) is 12.6. The molecule has 4 heteroatoms. The van der Waals surface area contributed by atoms with Gasteiger partial charge in [0.2, 0.25) is 0 Å². The molecular weight excluding hydrogens is 276 g/mol. The van der Waals surface area contributed by atoms with Gasteiger partial charge in [-0.1, -0.05) is 42.5 Å². The van der Waals surface area contributed by atoms with Gasteiger partial charge in [0.25, 0.3) is 5.69 Å². The molecule has 1 heterocycles. The molecule has 106 valence electrons. The lowest BCUT2D eigenvalue weighted by Gasteiger charge is -2.05. The number of nitrogens with one attached hydrogen (secondary N) is 1. The molecule has 0 aliphatic heterocycles. The van der Waals surface area contributed by atoms with Crippen LogP contribution >= 0.6 is 0 Å². The predicted octanol–water partition coefficient (Wildman–Crippen LogP) is 4.90. The first-order valence-electron chi connectivity index (χ1n) is 6.98. The molecule has 22 heavy (non-hydrogen) atoms. The summed E-state index contributed by atoms with van der Waals surface area (Å²) >= 11 is 0. The van der Waals surface area contributed by atoms with E-state index in [1.54, 1.807) is 12.1 Å². The highest BCUT2D eigenvalue weighted by molar-refractivity contribution is 6.05. The minimum atomic E-state index is -0.362. The van der Waals surface area contributed by atoms with Crippen LogP contribution in [0.5, 0.6) is 0 Å². The summed E-state index contributed by atoms with van der Waals surface area (Å²) < 4.78 is 0. The van der Waals surface area contributed by atoms with Crippen LogP contribution in [-0.4, -0.2) is 9.91 Å². The first-order chi connectivity index (χ1) is 10.7. The van der Waals surface area contributed by atoms with Gasteiger partial charge in [-0.2, -0.15) is 0 Å². The van der Waals surface area contributed by atoms with Crippen LogP contribution in [0.1, 0.15) is 0 Å². The van der Waals surface area contributed by atoms with Crippen LogP contribution in [-0.2, 0) is 0 Å². The van der Waals surface area contributed by atoms with Gasteiger partial charge in [-0.05, 0) is 22.4 Å². The Morgan fingerprint density at radius 1 is 0.864 bits per heavy atom. The predicted molar refractivity (Wildman–Crippen MR) is 87.9 cm³/mol. The zero-order valence-electron chi connectivity index (χ0n) is 11.6. The Morgan fingerprint density at radius 2 is 1.68 bits per heavy atom. The highest BCUT2D eigenvalue weighted by atomic mass is 16.6. The molecule has 0 unspecified atom stereocenters. The molecule has 0 aliphatic carbocycles. The lowest BCUT2D eigenvalue weighted by atomic mass is 9.98. The van der Waals surface area contributed by atoms with Gasteiger partial charge in [0.1, 0.15) is 0 Å². The summed E-state index contributed by atoms with van der Waals surface area (Å²) in [6.45, 7) is 0. The van der Waals surface area contributed by atoms with Gasteiger partial charge in [-0.3, -0.25) is 10.1 Å². The average Bonchev–Trinajstić information content (AvgIpc) is 2.97. The Labute approximate surface area is 126 Å². The Balaban J connectivity index is 2.04. The van der Waals surface area contributed by atoms with E-state index in [2.05, 4.69) is 23.2 Å². The van der Waals surface area contributed by atoms with Crippen LogP contribution in [0.3, 0.4) is 0 Å². The van der Waals surface area contributed by atoms with Crippen LogP contribution in [0.15, 0.2) is 66.9 Å². The summed E-state index contributed by atoms with van der Waals surface area (Å²) in [6.07, 6.45) is 1.91. The third-order valence-corrected chi connectivity index (χ3v) is 3.96. The summed E-state index contributed by atoms with van der Waals surface area (Å²) in [5, 5.41) is 14.2. The number of fused-ring (bicyclic) bond motifs is 2. The van der Waals surface area contributed by atoms with E-state index in [-0.39, 0.29) is 10.6 Å². The van der Waals surface area contributed by atoms with Gasteiger partial charge in [-0.25, -0.2) is 0 Å². The third-order valence-electron chi connectivity index (χ3n) is 3.96. The molecule has 0 saturated carbocycles. The van der Waals surface area contributed by atoms with Crippen molar-refractivity contribution in [3.63, 3.8) is 0 Å². The van der Waals surface area contributed by atoms with E-state index in [0.29, 0.717) is 0 Å². The minimum absolute atomic E-state index is 0.105. The van der Waals surface area contributed by atoms with E-state index in [4.69, 9.17) is 0 Å². The molecule has 0 amide bonds. The maximum Gasteiger partial charge on any atom is 0.270 e. The van der Waals surface area contributed by atoms with Crippen molar-refractivity contribution in [1.82, 2.24) is 4.98 Å². The smallest absolute Gasteiger partial charge is 0.270 e. The molecule has 0 atom stereocenters. The highest BCUT2D eigenvalue weighted by Crippen LogP contribution is 2.35. The largest absolute Gasteiger partial charge is 0.361 e. The fourth-order valence-electron chi connectivity index (χ4n) is 2.91. The molecule has 0 radical (unpaired) electrons. The highest BCUT2D eigenvalue weighted by Gasteiger charge is 2.13. The maximum atomic E-state index is 11.0. The normalized spacial score (nSPS) is 11.1. The van der Waals surface area contributed by atoms with Crippen LogP contribution < -0.4 is 0 Å². The first-order valence-corrected chi connectivity index (χ1v) is 6.98. The van der Waals surface area contributed by atoms with E-state index < -0.39 is 0 Å². The summed E-state index contributed by atoms with van der Waals surface area (Å²) in [5.41, 5.74) is 3.06. The molecule has 3 aromatic carbocycles. The third kappa shape index (κ3) is 1.85. The molecule has 0 bridgehead atoms. The molecule has 0 fully saturated rings. The quantitative estimate of drug-likeness (QED) is 0.421. The molecule has 4 rings (SSSR count). The summed E-state index contributed by atoms with van der Waals surface area (Å²) in [4.78, 5) is 13.9. The monoisotopic (exact) mass is 288 g/mol. The number of rotatable bonds is 2. The average molecular weight is 288 g/mol. The number of nitro benzene ring substituents is 1. The Hall–Kier alpha value is -3.14. The van der Waals surface area contributed by atoms with Crippen molar-refractivity contribution >= 4 is 27.4 Å². The van der Waals surface area contributed by atoms with E-state index in [0.717, 1.165) is 32.8 Å². The molecule has 0 spiro atoms. The standard InChI is InChI=1S/C18H12N2O2/c21-20(22)13-8-9-18-16(10-13)17(11-19-18)15-7-3-5-12-4-1-2-6-14(12)15/h1-11,19H. The number of hydrogen-bond donors (Lipinski definition) is 1. The van der Waals surface area contributed by atoms with Gasteiger partial charge in [0.05, 0.1) is 4.92 Å². The van der Waals surface area contributed by atoms with Crippen molar-refractivity contribution in [3.8, 4) is 11.1 Å². The second kappa shape index (κ2) is 4.70. The van der Waals surface area contributed by atoms with Gasteiger partial charge in [0, 0.05) is 34.8 Å². The van der Waals surface area contributed by atoms with Gasteiger partial charge in [-0.15, -0.1) is 0 Å². The van der Waals surface area contributed by atoms with Crippen molar-refractivity contribution < 1.29 is 4.92 Å². The van der Waals surface area contributed by atoms with Crippen LogP contribution in [0.25, 0.3) is 32.8 Å². The second-order valence-corrected chi connectivity index (χ2v) is 5.22. The van der Waals surface area contributed by atoms with Gasteiger partial charge < -0.3 is 4.98 Å². The van der Waals surface area contributed by atoms with Gasteiger partial charge in [0.15, 0.2) is 0 Å². The fourth-order valence-corrected chi connectivity index (χ4v) is 2.91. The number of benzene rings is 3. The molecule has 1 N–H and O–H groups in total. The van der Waals surface area contributed by atoms with Crippen LogP contribution in [0.2, 0.25) is 0 Å². The summed E-state index contributed by atoms with van der Waals surface area (Å²) in [6, 6.07) is 19.2. The lowest BCUT2D eigenvalue weighted by molar-refractivity contribution is -0.384. The molecule has 0 saturated heterocycles. The van der Waals surface area contributed by atoms with E-state index >= 15 is 0 Å². The summed E-state index contributed by atoms with van der Waals surface area (Å²) in [7, 11) is 0. The van der Waals surface area contributed by atoms with E-state index in [1.165, 1.54) is 6.07 Å². The number of aromatic amines is 1. The van der Waals surface area contributed by atoms with Crippen molar-refractivity contribution in [3.05, 3.63) is 77.0 Å². The van der Waals surface area contributed by atoms with Crippen molar-refractivity contribution in [2.45, 2.75) is 0 Å². The van der Waals surface area contributed by atoms with E-state index in [9.17, 15) is 10.1 Å². The van der Waals surface area contributed by atoms with Gasteiger partial charge >= 0.3 is 0 Å². The lowest BCUT2D eigenvalue weighted by Crippen LogP contribution is -1.87. The number of aromatic nitrogens is 1. The maximum absolute atomic E-state index is 11.0. The Kier molecular flexibility index (Phi) is 2.69. The molecule has 0 aliphatic rings. The SMILES string of the molecule is O=[N+]([O-])c1ccc2[nH]cc(-c3cccc4ccccc34)c2c1. The molecular formula is C18H12N2O2. The number of non-ortho nitro benzene ring substituents is 1.